The Hall–Kier alpha value is -1.62. The lowest BCUT2D eigenvalue weighted by atomic mass is 10.1. The van der Waals surface area contributed by atoms with Crippen LogP contribution in [0.15, 0.2) is 18.2 Å². The minimum atomic E-state index is -0.706. The third-order valence-corrected chi connectivity index (χ3v) is 3.32. The number of amides is 1. The second kappa shape index (κ2) is 7.85. The molecule has 1 aromatic rings. The van der Waals surface area contributed by atoms with E-state index >= 15 is 0 Å². The first-order chi connectivity index (χ1) is 9.43. The zero-order valence-corrected chi connectivity index (χ0v) is 12.3. The summed E-state index contributed by atoms with van der Waals surface area (Å²) in [5.74, 6) is -1.61. The Kier molecular flexibility index (Phi) is 6.45. The van der Waals surface area contributed by atoms with Crippen LogP contribution in [0.2, 0.25) is 0 Å². The van der Waals surface area contributed by atoms with Crippen molar-refractivity contribution >= 4 is 5.91 Å². The first kappa shape index (κ1) is 16.4. The summed E-state index contributed by atoms with van der Waals surface area (Å²) >= 11 is 0. The summed E-state index contributed by atoms with van der Waals surface area (Å²) in [5.41, 5.74) is -0.285. The molecule has 112 valence electrons. The number of nitrogens with one attached hydrogen (secondary N) is 1. The van der Waals surface area contributed by atoms with Crippen molar-refractivity contribution in [1.29, 1.82) is 0 Å². The van der Waals surface area contributed by atoms with Gasteiger partial charge in [-0.05, 0) is 52.4 Å². The van der Waals surface area contributed by atoms with Gasteiger partial charge < -0.3 is 15.3 Å². The van der Waals surface area contributed by atoms with Gasteiger partial charge in [0, 0.05) is 12.6 Å². The topological polar surface area (TPSA) is 52.6 Å². The number of unbranched alkanes of at least 4 members (excludes halogenated alkanes) is 1. The van der Waals surface area contributed by atoms with Gasteiger partial charge in [0.05, 0.1) is 0 Å². The maximum absolute atomic E-state index is 13.4. The molecule has 1 amide bonds. The van der Waals surface area contributed by atoms with Crippen LogP contribution >= 0.6 is 0 Å². The Balaban J connectivity index is 2.34. The number of rotatable bonds is 7. The molecule has 4 nitrogen and oxygen atoms in total. The quantitative estimate of drug-likeness (QED) is 0.755. The van der Waals surface area contributed by atoms with E-state index in [1.54, 1.807) is 0 Å². The number of benzene rings is 1. The Morgan fingerprint density at radius 2 is 2.10 bits per heavy atom. The van der Waals surface area contributed by atoms with Gasteiger partial charge >= 0.3 is 0 Å². The fourth-order valence-electron chi connectivity index (χ4n) is 1.77. The van der Waals surface area contributed by atoms with Gasteiger partial charge in [0.15, 0.2) is 0 Å². The van der Waals surface area contributed by atoms with E-state index in [-0.39, 0.29) is 11.3 Å². The molecule has 0 fully saturated rings. The standard InChI is InChI=1S/C15H23FN2O2/c1-11(2)18(3)10-5-4-9-17-15(20)14-12(16)7-6-8-13(14)19/h6-8,11,19H,4-5,9-10H2,1-3H3,(H,17,20). The van der Waals surface area contributed by atoms with Crippen molar-refractivity contribution < 1.29 is 14.3 Å². The highest BCUT2D eigenvalue weighted by Crippen LogP contribution is 2.19. The molecule has 0 saturated carbocycles. The molecule has 0 spiro atoms. The number of nitrogens with zero attached hydrogens (tertiary/aromatic N) is 1. The van der Waals surface area contributed by atoms with E-state index in [1.165, 1.54) is 12.1 Å². The highest BCUT2D eigenvalue weighted by molar-refractivity contribution is 5.97. The van der Waals surface area contributed by atoms with E-state index < -0.39 is 11.7 Å². The maximum atomic E-state index is 13.4. The summed E-state index contributed by atoms with van der Waals surface area (Å²) in [6.07, 6.45) is 1.77. The number of carbonyl (C=O) groups excluding carboxylic acids is 1. The highest BCUT2D eigenvalue weighted by atomic mass is 19.1. The summed E-state index contributed by atoms with van der Waals surface area (Å²) in [6, 6.07) is 4.32. The summed E-state index contributed by atoms with van der Waals surface area (Å²) in [6.45, 7) is 5.68. The van der Waals surface area contributed by atoms with Crippen LogP contribution in [-0.2, 0) is 0 Å². The Labute approximate surface area is 119 Å². The van der Waals surface area contributed by atoms with Crippen molar-refractivity contribution in [2.24, 2.45) is 0 Å². The first-order valence-electron chi connectivity index (χ1n) is 6.89. The van der Waals surface area contributed by atoms with Gasteiger partial charge in [-0.25, -0.2) is 4.39 Å². The third kappa shape index (κ3) is 4.81. The fourth-order valence-corrected chi connectivity index (χ4v) is 1.77. The molecule has 0 radical (unpaired) electrons. The summed E-state index contributed by atoms with van der Waals surface area (Å²) in [7, 11) is 2.06. The zero-order chi connectivity index (χ0) is 15.1. The summed E-state index contributed by atoms with van der Waals surface area (Å²) < 4.78 is 13.4. The van der Waals surface area contributed by atoms with Crippen LogP contribution in [-0.4, -0.2) is 42.1 Å². The molecule has 1 rings (SSSR count). The Morgan fingerprint density at radius 1 is 1.40 bits per heavy atom. The van der Waals surface area contributed by atoms with Crippen molar-refractivity contribution in [3.63, 3.8) is 0 Å². The van der Waals surface area contributed by atoms with Gasteiger partial charge in [0.2, 0.25) is 0 Å². The molecule has 0 aliphatic heterocycles. The molecule has 0 atom stereocenters. The van der Waals surface area contributed by atoms with Crippen LogP contribution in [0.5, 0.6) is 5.75 Å². The molecule has 0 saturated heterocycles. The normalized spacial score (nSPS) is 11.1. The fraction of sp³-hybridized carbons (Fsp3) is 0.533. The molecule has 5 heteroatoms. The number of phenolic OH excluding ortho intramolecular Hbond substituents is 1. The summed E-state index contributed by atoms with van der Waals surface area (Å²) in [4.78, 5) is 14.0. The van der Waals surface area contributed by atoms with Gasteiger partial charge in [0.25, 0.3) is 5.91 Å². The van der Waals surface area contributed by atoms with Crippen LogP contribution in [0.4, 0.5) is 4.39 Å². The number of aromatic hydroxyl groups is 1. The largest absolute Gasteiger partial charge is 0.507 e. The Morgan fingerprint density at radius 3 is 2.70 bits per heavy atom. The van der Waals surface area contributed by atoms with Crippen LogP contribution in [0.1, 0.15) is 37.0 Å². The number of hydrogen-bond acceptors (Lipinski definition) is 3. The molecule has 20 heavy (non-hydrogen) atoms. The lowest BCUT2D eigenvalue weighted by molar-refractivity contribution is 0.0945. The van der Waals surface area contributed by atoms with Crippen LogP contribution in [0.3, 0.4) is 0 Å². The van der Waals surface area contributed by atoms with Crippen molar-refractivity contribution in [2.45, 2.75) is 32.7 Å². The van der Waals surface area contributed by atoms with E-state index in [1.807, 2.05) is 0 Å². The van der Waals surface area contributed by atoms with Crippen molar-refractivity contribution in [3.05, 3.63) is 29.6 Å². The molecule has 0 aliphatic carbocycles. The lowest BCUT2D eigenvalue weighted by Crippen LogP contribution is -2.29. The van der Waals surface area contributed by atoms with Crippen molar-refractivity contribution in [3.8, 4) is 5.75 Å². The van der Waals surface area contributed by atoms with Gasteiger partial charge in [-0.15, -0.1) is 0 Å². The predicted molar refractivity (Wildman–Crippen MR) is 77.4 cm³/mol. The molecular formula is C15H23FN2O2. The second-order valence-corrected chi connectivity index (χ2v) is 5.17. The van der Waals surface area contributed by atoms with Crippen LogP contribution < -0.4 is 5.32 Å². The molecule has 1 aromatic carbocycles. The van der Waals surface area contributed by atoms with Gasteiger partial charge in [-0.2, -0.15) is 0 Å². The van der Waals surface area contributed by atoms with Crippen LogP contribution in [0.25, 0.3) is 0 Å². The van der Waals surface area contributed by atoms with Crippen LogP contribution in [0, 0.1) is 5.82 Å². The Bertz CT molecular complexity index is 429. The monoisotopic (exact) mass is 282 g/mol. The molecule has 0 aliphatic rings. The van der Waals surface area contributed by atoms with Gasteiger partial charge in [0.1, 0.15) is 17.1 Å². The van der Waals surface area contributed by atoms with E-state index in [0.717, 1.165) is 25.5 Å². The first-order valence-corrected chi connectivity index (χ1v) is 6.89. The van der Waals surface area contributed by atoms with Gasteiger partial charge in [-0.1, -0.05) is 6.07 Å². The van der Waals surface area contributed by atoms with E-state index in [9.17, 15) is 14.3 Å². The molecular weight excluding hydrogens is 259 g/mol. The van der Waals surface area contributed by atoms with E-state index in [4.69, 9.17) is 0 Å². The number of hydrogen-bond donors (Lipinski definition) is 2. The highest BCUT2D eigenvalue weighted by Gasteiger charge is 2.15. The maximum Gasteiger partial charge on any atom is 0.258 e. The zero-order valence-electron chi connectivity index (χ0n) is 12.3. The number of carbonyl (C=O) groups is 1. The lowest BCUT2D eigenvalue weighted by Gasteiger charge is -2.20. The van der Waals surface area contributed by atoms with E-state index in [0.29, 0.717) is 12.6 Å². The average molecular weight is 282 g/mol. The molecule has 2 N–H and O–H groups in total. The van der Waals surface area contributed by atoms with Crippen molar-refractivity contribution in [2.75, 3.05) is 20.1 Å². The smallest absolute Gasteiger partial charge is 0.258 e. The average Bonchev–Trinajstić information content (AvgIpc) is 2.37. The molecule has 0 unspecified atom stereocenters. The SMILES string of the molecule is CC(C)N(C)CCCCNC(=O)c1c(O)cccc1F. The van der Waals surface area contributed by atoms with Crippen molar-refractivity contribution in [1.82, 2.24) is 10.2 Å². The molecule has 0 heterocycles. The van der Waals surface area contributed by atoms with E-state index in [2.05, 4.69) is 31.1 Å². The second-order valence-electron chi connectivity index (χ2n) is 5.17. The molecule has 0 bridgehead atoms. The minimum Gasteiger partial charge on any atom is -0.507 e. The minimum absolute atomic E-state index is 0.285. The molecule has 0 aromatic heterocycles. The predicted octanol–water partition coefficient (Wildman–Crippen LogP) is 2.38. The summed E-state index contributed by atoms with van der Waals surface area (Å²) in [5, 5.41) is 12.1. The number of phenols is 1. The number of halogens is 1. The third-order valence-electron chi connectivity index (χ3n) is 3.32. The van der Waals surface area contributed by atoms with Gasteiger partial charge in [-0.3, -0.25) is 4.79 Å².